The van der Waals surface area contributed by atoms with E-state index in [1.54, 1.807) is 18.3 Å². The number of pyridine rings is 2. The molecule has 2 fully saturated rings. The van der Waals surface area contributed by atoms with Gasteiger partial charge in [-0.05, 0) is 136 Å². The Kier molecular flexibility index (Phi) is 12.0. The zero-order chi connectivity index (χ0) is 39.1. The van der Waals surface area contributed by atoms with Gasteiger partial charge in [-0.1, -0.05) is 42.5 Å². The summed E-state index contributed by atoms with van der Waals surface area (Å²) in [6, 6.07) is 25.7. The standard InChI is InChI=1S/C27H29N3O3.C20H25N3O/c1-30-16-13-22(14-17-30)32-25-18-20(12-15-28-25)24-11-10-19-6-5-9-23(19)26(24)29-27(31)33-21-7-3-2-4-8-21;1-23-11-8-16(9-12-23)24-19-13-15(7-10-22-19)18-6-5-14-3-2-4-17(14)20(18)21/h2-4,7-8,10-12,15,18,22H,5-6,9,13-14,16-17H2,1H3,(H,29,31);5-7,10,13,16H,2-4,8-9,11-12,21H2,1H3. The molecule has 296 valence electrons. The highest BCUT2D eigenvalue weighted by Crippen LogP contribution is 2.39. The Labute approximate surface area is 336 Å². The number of amides is 1. The summed E-state index contributed by atoms with van der Waals surface area (Å²) in [5, 5.41) is 3.04. The SMILES string of the molecule is CN1CCC(Oc2cc(-c3ccc4c(c3N)CCC4)ccn2)CC1.CN1CCC(Oc2cc(-c3ccc4c(c3NC(=O)Oc3ccccc3)CCC4)ccn2)CC1. The summed E-state index contributed by atoms with van der Waals surface area (Å²) in [6.07, 6.45) is 14.2. The van der Waals surface area contributed by atoms with Crippen LogP contribution in [0.4, 0.5) is 16.2 Å². The Bertz CT molecular complexity index is 2160. The second-order valence-corrected chi connectivity index (χ2v) is 15.8. The molecule has 0 radical (unpaired) electrons. The van der Waals surface area contributed by atoms with Gasteiger partial charge in [-0.25, -0.2) is 14.8 Å². The zero-order valence-electron chi connectivity index (χ0n) is 33.2. The van der Waals surface area contributed by atoms with Crippen LogP contribution < -0.4 is 25.3 Å². The number of nitrogens with two attached hydrogens (primary N) is 1. The topological polar surface area (TPSA) is 115 Å². The summed E-state index contributed by atoms with van der Waals surface area (Å²) >= 11 is 0. The molecule has 1 amide bonds. The number of aromatic nitrogens is 2. The van der Waals surface area contributed by atoms with Gasteiger partial charge in [0, 0.05) is 67.5 Å². The van der Waals surface area contributed by atoms with Crippen LogP contribution in [0, 0.1) is 0 Å². The largest absolute Gasteiger partial charge is 0.474 e. The maximum absolute atomic E-state index is 12.7. The molecule has 3 aromatic carbocycles. The lowest BCUT2D eigenvalue weighted by Crippen LogP contribution is -2.35. The summed E-state index contributed by atoms with van der Waals surface area (Å²) in [5.74, 6) is 1.85. The summed E-state index contributed by atoms with van der Waals surface area (Å²) in [6.45, 7) is 4.24. The van der Waals surface area contributed by atoms with Crippen molar-refractivity contribution >= 4 is 17.5 Å². The number of para-hydroxylation sites is 1. The van der Waals surface area contributed by atoms with Gasteiger partial charge < -0.3 is 29.7 Å². The first-order valence-electron chi connectivity index (χ1n) is 20.6. The van der Waals surface area contributed by atoms with E-state index < -0.39 is 6.09 Å². The molecule has 4 aliphatic rings. The number of nitrogens with one attached hydrogen (secondary N) is 1. The molecule has 10 heteroatoms. The molecule has 0 bridgehead atoms. The number of benzene rings is 3. The van der Waals surface area contributed by atoms with Gasteiger partial charge in [0.1, 0.15) is 18.0 Å². The minimum atomic E-state index is -0.486. The van der Waals surface area contributed by atoms with E-state index in [1.165, 1.54) is 28.7 Å². The first-order chi connectivity index (χ1) is 27.9. The Morgan fingerprint density at radius 3 is 1.79 bits per heavy atom. The second kappa shape index (κ2) is 17.8. The van der Waals surface area contributed by atoms with Gasteiger partial charge in [-0.3, -0.25) is 5.32 Å². The number of ether oxygens (including phenoxy) is 3. The fraction of sp³-hybridized carbons (Fsp3) is 0.383. The zero-order valence-corrected chi connectivity index (χ0v) is 33.2. The minimum Gasteiger partial charge on any atom is -0.474 e. The quantitative estimate of drug-likeness (QED) is 0.150. The lowest BCUT2D eigenvalue weighted by Gasteiger charge is -2.29. The van der Waals surface area contributed by atoms with Crippen molar-refractivity contribution in [2.24, 2.45) is 0 Å². The van der Waals surface area contributed by atoms with Gasteiger partial charge in [0.15, 0.2) is 0 Å². The normalized spacial score (nSPS) is 17.2. The molecule has 57 heavy (non-hydrogen) atoms. The summed E-state index contributed by atoms with van der Waals surface area (Å²) in [7, 11) is 4.30. The molecule has 0 spiro atoms. The van der Waals surface area contributed by atoms with Gasteiger partial charge >= 0.3 is 6.09 Å². The maximum atomic E-state index is 12.7. The number of nitrogens with zero attached hydrogens (tertiary/aromatic N) is 4. The van der Waals surface area contributed by atoms with Crippen LogP contribution in [-0.4, -0.2) is 78.3 Å². The predicted octanol–water partition coefficient (Wildman–Crippen LogP) is 8.61. The molecule has 2 saturated heterocycles. The molecular weight excluding hydrogens is 713 g/mol. The highest BCUT2D eigenvalue weighted by Gasteiger charge is 2.24. The Morgan fingerprint density at radius 1 is 0.667 bits per heavy atom. The Morgan fingerprint density at radius 2 is 1.19 bits per heavy atom. The average molecular weight is 767 g/mol. The van der Waals surface area contributed by atoms with Gasteiger partial charge in [0.2, 0.25) is 11.8 Å². The lowest BCUT2D eigenvalue weighted by atomic mass is 9.98. The van der Waals surface area contributed by atoms with E-state index in [2.05, 4.69) is 63.4 Å². The molecule has 2 aromatic heterocycles. The van der Waals surface area contributed by atoms with Crippen LogP contribution in [0.15, 0.2) is 91.3 Å². The number of aryl methyl sites for hydroxylation is 2. The van der Waals surface area contributed by atoms with Crippen molar-refractivity contribution < 1.29 is 19.0 Å². The molecule has 5 aromatic rings. The van der Waals surface area contributed by atoms with Crippen molar-refractivity contribution in [3.8, 4) is 39.8 Å². The van der Waals surface area contributed by atoms with Crippen LogP contribution in [-0.2, 0) is 25.7 Å². The Hall–Kier alpha value is -5.45. The smallest absolute Gasteiger partial charge is 0.417 e. The number of likely N-dealkylation sites (tertiary alicyclic amines) is 2. The molecule has 9 rings (SSSR count). The predicted molar refractivity (Wildman–Crippen MR) is 226 cm³/mol. The molecule has 0 unspecified atom stereocenters. The third-order valence-corrected chi connectivity index (χ3v) is 11.8. The summed E-state index contributed by atoms with van der Waals surface area (Å²) in [4.78, 5) is 26.3. The number of fused-ring (bicyclic) bond motifs is 2. The second-order valence-electron chi connectivity index (χ2n) is 15.8. The third-order valence-electron chi connectivity index (χ3n) is 11.8. The van der Waals surface area contributed by atoms with E-state index in [9.17, 15) is 4.79 Å². The number of piperidine rings is 2. The Balaban J connectivity index is 0.000000168. The highest BCUT2D eigenvalue weighted by molar-refractivity contribution is 5.94. The van der Waals surface area contributed by atoms with Crippen LogP contribution in [0.25, 0.3) is 22.3 Å². The number of carbonyl (C=O) groups is 1. The molecule has 0 atom stereocenters. The number of nitrogen functional groups attached to an aromatic ring is 1. The first kappa shape index (κ1) is 38.4. The summed E-state index contributed by atoms with van der Waals surface area (Å²) in [5.41, 5.74) is 17.5. The van der Waals surface area contributed by atoms with Gasteiger partial charge in [0.05, 0.1) is 5.69 Å². The van der Waals surface area contributed by atoms with Gasteiger partial charge in [-0.15, -0.1) is 0 Å². The van der Waals surface area contributed by atoms with E-state index >= 15 is 0 Å². The van der Waals surface area contributed by atoms with Crippen molar-refractivity contribution in [1.29, 1.82) is 0 Å². The summed E-state index contributed by atoms with van der Waals surface area (Å²) < 4.78 is 17.8. The number of anilines is 2. The number of hydrogen-bond donors (Lipinski definition) is 2. The van der Waals surface area contributed by atoms with Gasteiger partial charge in [0.25, 0.3) is 0 Å². The van der Waals surface area contributed by atoms with Crippen LogP contribution in [0.3, 0.4) is 0 Å². The molecule has 2 aliphatic heterocycles. The third kappa shape index (κ3) is 9.41. The minimum absolute atomic E-state index is 0.183. The number of hydrogen-bond acceptors (Lipinski definition) is 9. The van der Waals surface area contributed by atoms with Crippen LogP contribution in [0.1, 0.15) is 60.8 Å². The van der Waals surface area contributed by atoms with E-state index in [1.807, 2.05) is 48.7 Å². The van der Waals surface area contributed by atoms with E-state index in [4.69, 9.17) is 19.9 Å². The van der Waals surface area contributed by atoms with Crippen LogP contribution in [0.2, 0.25) is 0 Å². The van der Waals surface area contributed by atoms with E-state index in [0.717, 1.165) is 118 Å². The molecule has 4 heterocycles. The molecule has 2 aliphatic carbocycles. The average Bonchev–Trinajstić information content (AvgIpc) is 3.92. The van der Waals surface area contributed by atoms with Crippen molar-refractivity contribution in [1.82, 2.24) is 19.8 Å². The van der Waals surface area contributed by atoms with Crippen LogP contribution >= 0.6 is 0 Å². The van der Waals surface area contributed by atoms with E-state index in [0.29, 0.717) is 17.5 Å². The molecule has 3 N–H and O–H groups in total. The van der Waals surface area contributed by atoms with Crippen LogP contribution in [0.5, 0.6) is 17.5 Å². The van der Waals surface area contributed by atoms with Gasteiger partial charge in [-0.2, -0.15) is 0 Å². The van der Waals surface area contributed by atoms with Crippen molar-refractivity contribution in [3.63, 3.8) is 0 Å². The molecule has 0 saturated carbocycles. The highest BCUT2D eigenvalue weighted by atomic mass is 16.6. The van der Waals surface area contributed by atoms with Crippen molar-refractivity contribution in [2.75, 3.05) is 51.3 Å². The number of carbonyl (C=O) groups excluding carboxylic acids is 1. The first-order valence-corrected chi connectivity index (χ1v) is 20.6. The number of rotatable bonds is 8. The fourth-order valence-corrected chi connectivity index (χ4v) is 8.55. The monoisotopic (exact) mass is 766 g/mol. The fourth-order valence-electron chi connectivity index (χ4n) is 8.55. The molecular formula is C47H54N6O4. The lowest BCUT2D eigenvalue weighted by molar-refractivity contribution is 0.110. The van der Waals surface area contributed by atoms with Crippen molar-refractivity contribution in [2.45, 2.75) is 76.4 Å². The maximum Gasteiger partial charge on any atom is 0.417 e. The van der Waals surface area contributed by atoms with Crippen molar-refractivity contribution in [3.05, 3.63) is 114 Å². The molecule has 10 nitrogen and oxygen atoms in total. The van der Waals surface area contributed by atoms with E-state index in [-0.39, 0.29) is 12.2 Å².